The van der Waals surface area contributed by atoms with E-state index in [4.69, 9.17) is 4.84 Å². The van der Waals surface area contributed by atoms with Crippen molar-refractivity contribution < 1.29 is 13.6 Å². The second-order valence-electron chi connectivity index (χ2n) is 7.52. The van der Waals surface area contributed by atoms with Crippen molar-refractivity contribution in [3.63, 3.8) is 0 Å². The molecular weight excluding hydrogens is 410 g/mol. The zero-order valence-electron chi connectivity index (χ0n) is 18.4. The van der Waals surface area contributed by atoms with Gasteiger partial charge in [0.15, 0.2) is 5.84 Å². The van der Waals surface area contributed by atoms with Gasteiger partial charge in [0.25, 0.3) is 0 Å². The van der Waals surface area contributed by atoms with Crippen molar-refractivity contribution in [1.29, 1.82) is 0 Å². The van der Waals surface area contributed by atoms with Crippen molar-refractivity contribution in [2.45, 2.75) is 39.8 Å². The van der Waals surface area contributed by atoms with E-state index in [1.165, 1.54) is 18.2 Å². The second kappa shape index (κ2) is 9.34. The molecule has 1 unspecified atom stereocenters. The first-order chi connectivity index (χ1) is 15.6. The van der Waals surface area contributed by atoms with E-state index >= 15 is 0 Å². The maximum Gasteiger partial charge on any atom is 0.227 e. The monoisotopic (exact) mass is 436 g/mol. The van der Waals surface area contributed by atoms with Gasteiger partial charge < -0.3 is 14.3 Å². The lowest BCUT2D eigenvalue weighted by atomic mass is 9.99. The minimum atomic E-state index is -0.368. The van der Waals surface area contributed by atoms with Gasteiger partial charge in [-0.3, -0.25) is 0 Å². The van der Waals surface area contributed by atoms with Crippen LogP contribution in [0.4, 0.5) is 8.78 Å². The Kier molecular flexibility index (Phi) is 6.35. The van der Waals surface area contributed by atoms with Gasteiger partial charge in [0.1, 0.15) is 11.6 Å². The van der Waals surface area contributed by atoms with Gasteiger partial charge >= 0.3 is 0 Å². The predicted molar refractivity (Wildman–Crippen MR) is 121 cm³/mol. The van der Waals surface area contributed by atoms with E-state index < -0.39 is 0 Å². The Morgan fingerprint density at radius 3 is 2.56 bits per heavy atom. The molecule has 0 bridgehead atoms. The number of hydrogen-bond acceptors (Lipinski definition) is 4. The summed E-state index contributed by atoms with van der Waals surface area (Å²) in [6.45, 7) is 6.66. The van der Waals surface area contributed by atoms with Crippen molar-refractivity contribution in [2.24, 2.45) is 5.16 Å². The number of aromatic nitrogens is 2. The average Bonchev–Trinajstić information content (AvgIpc) is 3.43. The molecular formula is C25H26F2N4O. The van der Waals surface area contributed by atoms with Gasteiger partial charge in [-0.15, -0.1) is 0 Å². The van der Waals surface area contributed by atoms with Gasteiger partial charge in [-0.05, 0) is 61.2 Å². The highest BCUT2D eigenvalue weighted by molar-refractivity contribution is 6.03. The third-order valence-electron chi connectivity index (χ3n) is 5.38. The molecule has 3 aromatic rings. The number of hydrogen-bond donors (Lipinski definition) is 0. The van der Waals surface area contributed by atoms with Crippen LogP contribution in [0.2, 0.25) is 0 Å². The topological polar surface area (TPSA) is 42.7 Å². The summed E-state index contributed by atoms with van der Waals surface area (Å²) in [4.78, 5) is 11.9. The number of nitrogens with zero attached hydrogens (tertiary/aromatic N) is 4. The number of imidazole rings is 1. The zero-order chi connectivity index (χ0) is 22.7. The van der Waals surface area contributed by atoms with E-state index in [1.54, 1.807) is 35.3 Å². The molecule has 0 spiro atoms. The molecule has 1 aromatic heterocycles. The van der Waals surface area contributed by atoms with Crippen LogP contribution in [-0.2, 0) is 4.84 Å². The molecule has 0 aliphatic carbocycles. The van der Waals surface area contributed by atoms with Crippen LogP contribution in [0.15, 0.2) is 65.7 Å². The second-order valence-corrected chi connectivity index (χ2v) is 7.52. The maximum absolute atomic E-state index is 14.7. The molecule has 0 amide bonds. The van der Waals surface area contributed by atoms with E-state index in [9.17, 15) is 8.78 Å². The van der Waals surface area contributed by atoms with Crippen LogP contribution in [0.1, 0.15) is 49.7 Å². The van der Waals surface area contributed by atoms with Crippen molar-refractivity contribution in [3.8, 4) is 5.69 Å². The van der Waals surface area contributed by atoms with Gasteiger partial charge in [0, 0.05) is 18.3 Å². The number of oxime groups is 1. The Balaban J connectivity index is 0.00000119. The van der Waals surface area contributed by atoms with E-state index in [0.29, 0.717) is 5.69 Å². The van der Waals surface area contributed by atoms with Gasteiger partial charge in [0.2, 0.25) is 6.23 Å². The lowest BCUT2D eigenvalue weighted by Gasteiger charge is -2.30. The summed E-state index contributed by atoms with van der Waals surface area (Å²) >= 11 is 0. The fourth-order valence-corrected chi connectivity index (χ4v) is 3.92. The average molecular weight is 437 g/mol. The van der Waals surface area contributed by atoms with Gasteiger partial charge in [-0.2, -0.15) is 0 Å². The summed E-state index contributed by atoms with van der Waals surface area (Å²) < 4.78 is 29.6. The van der Waals surface area contributed by atoms with Crippen molar-refractivity contribution >= 4 is 11.9 Å². The molecule has 2 aliphatic rings. The fraction of sp³-hybridized carbons (Fsp3) is 0.280. The lowest BCUT2D eigenvalue weighted by Crippen LogP contribution is -2.36. The van der Waals surface area contributed by atoms with Crippen LogP contribution in [0, 0.1) is 18.6 Å². The van der Waals surface area contributed by atoms with Crippen LogP contribution >= 0.6 is 0 Å². The number of aryl methyl sites for hydroxylation is 1. The molecule has 166 valence electrons. The van der Waals surface area contributed by atoms with Crippen molar-refractivity contribution in [3.05, 3.63) is 89.0 Å². The Labute approximate surface area is 186 Å². The molecule has 2 aromatic carbocycles. The number of fused-ring (bicyclic) bond motifs is 1. The van der Waals surface area contributed by atoms with Crippen LogP contribution in [0.5, 0.6) is 0 Å². The highest BCUT2D eigenvalue weighted by atomic mass is 19.1. The zero-order valence-corrected chi connectivity index (χ0v) is 18.4. The molecule has 5 nitrogen and oxygen atoms in total. The summed E-state index contributed by atoms with van der Waals surface area (Å²) in [7, 11) is 0. The van der Waals surface area contributed by atoms with E-state index in [-0.39, 0.29) is 17.9 Å². The molecule has 1 saturated heterocycles. The molecule has 32 heavy (non-hydrogen) atoms. The van der Waals surface area contributed by atoms with E-state index in [1.807, 2.05) is 32.9 Å². The highest BCUT2D eigenvalue weighted by Crippen LogP contribution is 2.35. The molecule has 5 rings (SSSR count). The Hall–Kier alpha value is -3.48. The number of benzene rings is 2. The Bertz CT molecular complexity index is 1150. The van der Waals surface area contributed by atoms with E-state index in [0.717, 1.165) is 47.6 Å². The molecule has 2 aliphatic heterocycles. The number of rotatable bonds is 3. The first kappa shape index (κ1) is 21.7. The normalized spacial score (nSPS) is 18.5. The largest absolute Gasteiger partial charge is 0.363 e. The minimum absolute atomic E-state index is 0.284. The fourth-order valence-electron chi connectivity index (χ4n) is 3.92. The number of amidine groups is 1. The smallest absolute Gasteiger partial charge is 0.227 e. The molecule has 1 atom stereocenters. The predicted octanol–water partition coefficient (Wildman–Crippen LogP) is 6.01. The van der Waals surface area contributed by atoms with E-state index in [2.05, 4.69) is 15.0 Å². The lowest BCUT2D eigenvalue weighted by molar-refractivity contribution is 0.00782. The summed E-state index contributed by atoms with van der Waals surface area (Å²) in [5.74, 6) is 0.155. The Morgan fingerprint density at radius 1 is 1.09 bits per heavy atom. The quantitative estimate of drug-likeness (QED) is 0.505. The maximum atomic E-state index is 14.7. The van der Waals surface area contributed by atoms with Crippen molar-refractivity contribution in [1.82, 2.24) is 14.5 Å². The summed E-state index contributed by atoms with van der Waals surface area (Å²) in [6.07, 6.45) is 6.74. The van der Waals surface area contributed by atoms with Gasteiger partial charge in [-0.25, -0.2) is 13.8 Å². The summed E-state index contributed by atoms with van der Waals surface area (Å²) in [5.41, 5.74) is 3.90. The van der Waals surface area contributed by atoms with Crippen LogP contribution < -0.4 is 0 Å². The molecule has 0 radical (unpaired) electrons. The molecule has 1 fully saturated rings. The first-order valence-corrected chi connectivity index (χ1v) is 10.9. The molecule has 0 saturated carbocycles. The Morgan fingerprint density at radius 2 is 1.88 bits per heavy atom. The first-order valence-electron chi connectivity index (χ1n) is 10.9. The molecule has 0 N–H and O–H groups in total. The third kappa shape index (κ3) is 4.28. The molecule has 3 heterocycles. The summed E-state index contributed by atoms with van der Waals surface area (Å²) in [5, 5.41) is 4.28. The third-order valence-corrected chi connectivity index (χ3v) is 5.38. The van der Waals surface area contributed by atoms with Crippen molar-refractivity contribution in [2.75, 3.05) is 6.54 Å². The summed E-state index contributed by atoms with van der Waals surface area (Å²) in [6, 6.07) is 11.4. The SMILES string of the molecule is CC.Cc1cn(-c2ccc(/C=C3\CCCN4C3=NOC4c3ccc(F)cc3)cc2F)cn1. The van der Waals surface area contributed by atoms with Crippen LogP contribution in [-0.4, -0.2) is 26.8 Å². The van der Waals surface area contributed by atoms with Crippen LogP contribution in [0.3, 0.4) is 0 Å². The minimum Gasteiger partial charge on any atom is -0.363 e. The number of piperidine rings is 1. The van der Waals surface area contributed by atoms with Gasteiger partial charge in [-0.1, -0.05) is 37.2 Å². The number of halogens is 2. The van der Waals surface area contributed by atoms with Gasteiger partial charge in [0.05, 0.1) is 17.7 Å². The molecule has 7 heteroatoms. The van der Waals surface area contributed by atoms with Crippen LogP contribution in [0.25, 0.3) is 11.8 Å². The highest BCUT2D eigenvalue weighted by Gasteiger charge is 2.35. The standard InChI is InChI=1S/C23H20F2N4O.C2H6/c1-15-13-28(14-26-15)21-9-4-16(12-20(21)25)11-18-3-2-10-29-22(18)27-30-23(29)17-5-7-19(24)8-6-17;1-2/h4-9,11-14,23H,2-3,10H2,1H3;1-2H3/b18-11+;.